The van der Waals surface area contributed by atoms with E-state index in [1.54, 1.807) is 0 Å². The van der Waals surface area contributed by atoms with Crippen molar-refractivity contribution in [1.29, 1.82) is 0 Å². The Bertz CT molecular complexity index is 474. The van der Waals surface area contributed by atoms with Crippen LogP contribution in [0.15, 0.2) is 23.1 Å². The van der Waals surface area contributed by atoms with Gasteiger partial charge in [-0.25, -0.2) is 0 Å². The number of hydrogen-bond donors (Lipinski definition) is 0. The summed E-state index contributed by atoms with van der Waals surface area (Å²) in [6, 6.07) is 3.81. The molecule has 1 atom stereocenters. The van der Waals surface area contributed by atoms with Crippen molar-refractivity contribution in [3.63, 3.8) is 0 Å². The van der Waals surface area contributed by atoms with Crippen LogP contribution in [0.5, 0.6) is 0 Å². The summed E-state index contributed by atoms with van der Waals surface area (Å²) < 4.78 is 37.1. The van der Waals surface area contributed by atoms with Crippen LogP contribution in [-0.4, -0.2) is 17.6 Å². The standard InChI is InChI=1S/C11H8ClF3O2S/c1-6(17)10(12)9-7(5-16)3-2-4-8(9)18-11(13,14)15/h2-5,10H,1H3. The Morgan fingerprint density at radius 1 is 1.44 bits per heavy atom. The number of ketones is 1. The minimum absolute atomic E-state index is 0.0144. The molecule has 1 rings (SSSR count). The van der Waals surface area contributed by atoms with Gasteiger partial charge >= 0.3 is 5.51 Å². The summed E-state index contributed by atoms with van der Waals surface area (Å²) in [4.78, 5) is 21.8. The van der Waals surface area contributed by atoms with Gasteiger partial charge in [-0.05, 0) is 24.8 Å². The van der Waals surface area contributed by atoms with E-state index in [1.165, 1.54) is 18.2 Å². The number of halogens is 4. The zero-order chi connectivity index (χ0) is 13.9. The molecule has 1 unspecified atom stereocenters. The molecule has 1 aromatic rings. The van der Waals surface area contributed by atoms with E-state index in [0.717, 1.165) is 6.92 Å². The van der Waals surface area contributed by atoms with E-state index in [1.807, 2.05) is 0 Å². The van der Waals surface area contributed by atoms with Gasteiger partial charge in [0.05, 0.1) is 0 Å². The van der Waals surface area contributed by atoms with E-state index in [0.29, 0.717) is 6.29 Å². The monoisotopic (exact) mass is 296 g/mol. The van der Waals surface area contributed by atoms with Gasteiger partial charge in [0.1, 0.15) is 11.7 Å². The molecule has 0 aliphatic heterocycles. The van der Waals surface area contributed by atoms with Gasteiger partial charge in [0.25, 0.3) is 0 Å². The van der Waals surface area contributed by atoms with Gasteiger partial charge in [0.15, 0.2) is 5.78 Å². The molecule has 0 saturated heterocycles. The number of carbonyl (C=O) groups excluding carboxylic acids is 2. The molecule has 18 heavy (non-hydrogen) atoms. The average Bonchev–Trinajstić information content (AvgIpc) is 2.25. The maximum atomic E-state index is 12.4. The predicted molar refractivity (Wildman–Crippen MR) is 63.0 cm³/mol. The molecule has 0 spiro atoms. The lowest BCUT2D eigenvalue weighted by Gasteiger charge is -2.15. The molecular formula is C11H8ClF3O2S. The molecule has 1 aromatic carbocycles. The molecule has 0 heterocycles. The largest absolute Gasteiger partial charge is 0.446 e. The third-order valence-electron chi connectivity index (χ3n) is 2.06. The highest BCUT2D eigenvalue weighted by atomic mass is 35.5. The van der Waals surface area contributed by atoms with Gasteiger partial charge in [-0.2, -0.15) is 13.2 Å². The Kier molecular flexibility index (Phi) is 4.81. The Labute approximate surface area is 111 Å². The van der Waals surface area contributed by atoms with Crippen molar-refractivity contribution in [1.82, 2.24) is 0 Å². The number of thioether (sulfide) groups is 1. The molecule has 0 radical (unpaired) electrons. The SMILES string of the molecule is CC(=O)C(Cl)c1c(C=O)cccc1SC(F)(F)F. The van der Waals surface area contributed by atoms with Crippen LogP contribution < -0.4 is 0 Å². The van der Waals surface area contributed by atoms with E-state index in [-0.39, 0.29) is 16.0 Å². The fourth-order valence-corrected chi connectivity index (χ4v) is 2.40. The van der Waals surface area contributed by atoms with E-state index < -0.39 is 28.4 Å². The number of alkyl halides is 4. The van der Waals surface area contributed by atoms with Crippen LogP contribution in [-0.2, 0) is 4.79 Å². The first-order valence-electron chi connectivity index (χ1n) is 4.74. The third-order valence-corrected chi connectivity index (χ3v) is 3.40. The molecule has 7 heteroatoms. The van der Waals surface area contributed by atoms with Gasteiger partial charge in [-0.15, -0.1) is 11.6 Å². The van der Waals surface area contributed by atoms with E-state index >= 15 is 0 Å². The van der Waals surface area contributed by atoms with Crippen LogP contribution in [0.1, 0.15) is 28.2 Å². The van der Waals surface area contributed by atoms with E-state index in [4.69, 9.17) is 11.6 Å². The van der Waals surface area contributed by atoms with Crippen molar-refractivity contribution >= 4 is 35.4 Å². The summed E-state index contributed by atoms with van der Waals surface area (Å²) in [5, 5.41) is -1.27. The van der Waals surface area contributed by atoms with Crippen LogP contribution in [0, 0.1) is 0 Å². The van der Waals surface area contributed by atoms with Gasteiger partial charge in [-0.1, -0.05) is 12.1 Å². The minimum atomic E-state index is -4.51. The molecule has 0 aliphatic rings. The van der Waals surface area contributed by atoms with Crippen LogP contribution in [0.4, 0.5) is 13.2 Å². The normalized spacial score (nSPS) is 13.2. The van der Waals surface area contributed by atoms with Crippen molar-refractivity contribution in [3.8, 4) is 0 Å². The number of aldehydes is 1. The number of Topliss-reactive ketones (excluding diaryl/α,β-unsaturated/α-hetero) is 1. The highest BCUT2D eigenvalue weighted by Crippen LogP contribution is 2.42. The Balaban J connectivity index is 3.33. The summed E-state index contributed by atoms with van der Waals surface area (Å²) in [6.07, 6.45) is 0.383. The fraction of sp³-hybridized carbons (Fsp3) is 0.273. The second-order valence-electron chi connectivity index (χ2n) is 3.40. The Morgan fingerprint density at radius 3 is 2.50 bits per heavy atom. The molecule has 0 fully saturated rings. The summed E-state index contributed by atoms with van der Waals surface area (Å²) >= 11 is 5.38. The lowest BCUT2D eigenvalue weighted by Crippen LogP contribution is -2.09. The van der Waals surface area contributed by atoms with E-state index in [9.17, 15) is 22.8 Å². The van der Waals surface area contributed by atoms with Crippen LogP contribution in [0.2, 0.25) is 0 Å². The summed E-state index contributed by atoms with van der Waals surface area (Å²) in [6.45, 7) is 1.15. The second kappa shape index (κ2) is 5.75. The summed E-state index contributed by atoms with van der Waals surface area (Å²) in [7, 11) is 0. The topological polar surface area (TPSA) is 34.1 Å². The Morgan fingerprint density at radius 2 is 2.06 bits per heavy atom. The molecule has 0 N–H and O–H groups in total. The molecule has 0 amide bonds. The van der Waals surface area contributed by atoms with Gasteiger partial charge < -0.3 is 0 Å². The third kappa shape index (κ3) is 3.74. The van der Waals surface area contributed by atoms with Crippen molar-refractivity contribution in [2.24, 2.45) is 0 Å². The highest BCUT2D eigenvalue weighted by molar-refractivity contribution is 8.00. The quantitative estimate of drug-likeness (QED) is 0.479. The second-order valence-corrected chi connectivity index (χ2v) is 4.94. The number of hydrogen-bond acceptors (Lipinski definition) is 3. The zero-order valence-electron chi connectivity index (χ0n) is 9.12. The first-order valence-corrected chi connectivity index (χ1v) is 6.00. The van der Waals surface area contributed by atoms with Crippen LogP contribution in [0.3, 0.4) is 0 Å². The van der Waals surface area contributed by atoms with Crippen LogP contribution in [0.25, 0.3) is 0 Å². The lowest BCUT2D eigenvalue weighted by molar-refractivity contribution is -0.116. The molecule has 98 valence electrons. The van der Waals surface area contributed by atoms with Crippen LogP contribution >= 0.6 is 23.4 Å². The molecule has 0 aliphatic carbocycles. The predicted octanol–water partition coefficient (Wildman–Crippen LogP) is 3.98. The summed E-state index contributed by atoms with van der Waals surface area (Å²) in [5.74, 6) is -0.519. The average molecular weight is 297 g/mol. The van der Waals surface area contributed by atoms with Gasteiger partial charge in [0, 0.05) is 16.0 Å². The molecule has 2 nitrogen and oxygen atoms in total. The van der Waals surface area contributed by atoms with E-state index in [2.05, 4.69) is 0 Å². The maximum Gasteiger partial charge on any atom is 0.446 e. The highest BCUT2D eigenvalue weighted by Gasteiger charge is 2.32. The van der Waals surface area contributed by atoms with Crippen molar-refractivity contribution in [3.05, 3.63) is 29.3 Å². The zero-order valence-corrected chi connectivity index (χ0v) is 10.7. The van der Waals surface area contributed by atoms with Gasteiger partial charge in [-0.3, -0.25) is 9.59 Å². The fourth-order valence-electron chi connectivity index (χ4n) is 1.35. The summed E-state index contributed by atoms with van der Waals surface area (Å²) in [5.41, 5.74) is -4.62. The Hall–Kier alpha value is -1.01. The maximum absolute atomic E-state index is 12.4. The first-order chi connectivity index (χ1) is 8.26. The number of rotatable bonds is 4. The lowest BCUT2D eigenvalue weighted by atomic mass is 10.0. The first kappa shape index (κ1) is 15.0. The minimum Gasteiger partial charge on any atom is -0.298 e. The van der Waals surface area contributed by atoms with Gasteiger partial charge in [0.2, 0.25) is 0 Å². The molecular weight excluding hydrogens is 289 g/mol. The van der Waals surface area contributed by atoms with Crippen molar-refractivity contribution in [2.45, 2.75) is 22.7 Å². The van der Waals surface area contributed by atoms with Crippen molar-refractivity contribution < 1.29 is 22.8 Å². The number of benzene rings is 1. The number of carbonyl (C=O) groups is 2. The molecule has 0 saturated carbocycles. The molecule has 0 bridgehead atoms. The smallest absolute Gasteiger partial charge is 0.298 e. The van der Waals surface area contributed by atoms with Crippen molar-refractivity contribution in [2.75, 3.05) is 0 Å². The molecule has 0 aromatic heterocycles.